The fourth-order valence-corrected chi connectivity index (χ4v) is 3.34. The van der Waals surface area contributed by atoms with E-state index in [0.29, 0.717) is 29.9 Å². The predicted octanol–water partition coefficient (Wildman–Crippen LogP) is 3.13. The molecule has 0 unspecified atom stereocenters. The molecule has 134 valence electrons. The molecule has 1 N–H and O–H groups in total. The van der Waals surface area contributed by atoms with Gasteiger partial charge < -0.3 is 14.7 Å². The molecule has 7 heteroatoms. The molecule has 1 fully saturated rings. The van der Waals surface area contributed by atoms with Gasteiger partial charge in [-0.25, -0.2) is 4.79 Å². The van der Waals surface area contributed by atoms with Crippen molar-refractivity contribution in [3.8, 4) is 11.4 Å². The van der Waals surface area contributed by atoms with E-state index in [-0.39, 0.29) is 5.69 Å². The summed E-state index contributed by atoms with van der Waals surface area (Å²) in [4.78, 5) is 15.2. The molecule has 1 aromatic heterocycles. The topological polar surface area (TPSA) is 80.5 Å². The van der Waals surface area contributed by atoms with E-state index in [1.807, 2.05) is 31.2 Å². The first kappa shape index (κ1) is 17.3. The summed E-state index contributed by atoms with van der Waals surface area (Å²) < 4.78 is 5.63. The van der Waals surface area contributed by atoms with E-state index < -0.39 is 5.97 Å². The number of aromatic carboxylic acids is 1. The van der Waals surface area contributed by atoms with Gasteiger partial charge >= 0.3 is 5.97 Å². The molecule has 2 heterocycles. The number of ether oxygens (including phenoxy) is 1. The average Bonchev–Trinajstić information content (AvgIpc) is 3.08. The highest BCUT2D eigenvalue weighted by atomic mass is 16.5. The fourth-order valence-electron chi connectivity index (χ4n) is 3.34. The molecule has 3 rings (SSSR count). The standard InChI is InChI=1S/C18H24N4O3/c1-3-13-9-7-8-12-21(13)17-16(18(23)24)19-22(20-17)14-10-5-6-11-15(14)25-4-2/h5-6,10-11,13H,3-4,7-9,12H2,1-2H3,(H,23,24)/t13-/m1/s1. The Morgan fingerprint density at radius 1 is 1.28 bits per heavy atom. The van der Waals surface area contributed by atoms with Crippen molar-refractivity contribution < 1.29 is 14.6 Å². The van der Waals surface area contributed by atoms with Crippen LogP contribution < -0.4 is 9.64 Å². The molecule has 0 spiro atoms. The van der Waals surface area contributed by atoms with Gasteiger partial charge in [0.1, 0.15) is 11.4 Å². The third-order valence-corrected chi connectivity index (χ3v) is 4.55. The zero-order valence-electron chi connectivity index (χ0n) is 14.7. The van der Waals surface area contributed by atoms with Crippen molar-refractivity contribution in [2.45, 2.75) is 45.6 Å². The van der Waals surface area contributed by atoms with E-state index >= 15 is 0 Å². The molecule has 2 aromatic rings. The van der Waals surface area contributed by atoms with Crippen LogP contribution in [0.3, 0.4) is 0 Å². The molecule has 0 amide bonds. The lowest BCUT2D eigenvalue weighted by molar-refractivity contribution is 0.0690. The number of benzene rings is 1. The number of carboxylic acids is 1. The minimum absolute atomic E-state index is 0.00773. The predicted molar refractivity (Wildman–Crippen MR) is 94.8 cm³/mol. The Bertz CT molecular complexity index is 744. The van der Waals surface area contributed by atoms with E-state index in [1.165, 1.54) is 11.2 Å². The first-order valence-corrected chi connectivity index (χ1v) is 8.85. The second kappa shape index (κ2) is 7.55. The van der Waals surface area contributed by atoms with E-state index in [1.54, 1.807) is 0 Å². The van der Waals surface area contributed by atoms with E-state index in [4.69, 9.17) is 4.74 Å². The van der Waals surface area contributed by atoms with E-state index in [0.717, 1.165) is 25.8 Å². The Kier molecular flexibility index (Phi) is 5.21. The molecule has 7 nitrogen and oxygen atoms in total. The summed E-state index contributed by atoms with van der Waals surface area (Å²) >= 11 is 0. The van der Waals surface area contributed by atoms with Gasteiger partial charge in [-0.1, -0.05) is 19.1 Å². The van der Waals surface area contributed by atoms with Crippen LogP contribution in [0, 0.1) is 0 Å². The Hall–Kier alpha value is -2.57. The molecular weight excluding hydrogens is 320 g/mol. The summed E-state index contributed by atoms with van der Waals surface area (Å²) in [6, 6.07) is 7.69. The van der Waals surface area contributed by atoms with Crippen LogP contribution in [-0.4, -0.2) is 45.3 Å². The second-order valence-electron chi connectivity index (χ2n) is 6.12. The number of carbonyl (C=O) groups is 1. The van der Waals surface area contributed by atoms with Crippen LogP contribution in [0.15, 0.2) is 24.3 Å². The number of anilines is 1. The number of rotatable bonds is 6. The molecule has 1 aromatic carbocycles. The van der Waals surface area contributed by atoms with Crippen LogP contribution in [0.5, 0.6) is 5.75 Å². The molecule has 1 aliphatic rings. The van der Waals surface area contributed by atoms with Crippen LogP contribution in [0.4, 0.5) is 5.82 Å². The molecule has 0 aliphatic carbocycles. The number of hydrogen-bond donors (Lipinski definition) is 1. The van der Waals surface area contributed by atoms with Gasteiger partial charge in [-0.05, 0) is 44.7 Å². The van der Waals surface area contributed by atoms with Crippen molar-refractivity contribution in [2.24, 2.45) is 0 Å². The van der Waals surface area contributed by atoms with Crippen LogP contribution >= 0.6 is 0 Å². The second-order valence-corrected chi connectivity index (χ2v) is 6.12. The van der Waals surface area contributed by atoms with Crippen LogP contribution in [-0.2, 0) is 0 Å². The fraction of sp³-hybridized carbons (Fsp3) is 0.500. The zero-order valence-corrected chi connectivity index (χ0v) is 14.7. The number of nitrogens with zero attached hydrogens (tertiary/aromatic N) is 4. The van der Waals surface area contributed by atoms with Crippen molar-refractivity contribution >= 4 is 11.8 Å². The summed E-state index contributed by atoms with van der Waals surface area (Å²) in [6.45, 7) is 5.35. The maximum atomic E-state index is 11.7. The minimum atomic E-state index is -1.06. The molecule has 1 atom stereocenters. The Balaban J connectivity index is 2.05. The summed E-state index contributed by atoms with van der Waals surface area (Å²) in [6.07, 6.45) is 4.22. The number of aromatic nitrogens is 3. The highest BCUT2D eigenvalue weighted by Gasteiger charge is 2.30. The SMILES string of the molecule is CCOc1ccccc1-n1nc(C(=O)O)c(N2CCCC[C@H]2CC)n1. The summed E-state index contributed by atoms with van der Waals surface area (Å²) in [5, 5.41) is 18.4. The van der Waals surface area contributed by atoms with Crippen molar-refractivity contribution in [2.75, 3.05) is 18.1 Å². The maximum Gasteiger partial charge on any atom is 0.360 e. The summed E-state index contributed by atoms with van der Waals surface area (Å²) in [5.41, 5.74) is 0.634. The quantitative estimate of drug-likeness (QED) is 0.867. The Morgan fingerprint density at radius 2 is 2.08 bits per heavy atom. The highest BCUT2D eigenvalue weighted by molar-refractivity contribution is 5.91. The van der Waals surface area contributed by atoms with Gasteiger partial charge in [0.2, 0.25) is 5.69 Å². The maximum absolute atomic E-state index is 11.7. The summed E-state index contributed by atoms with van der Waals surface area (Å²) in [7, 11) is 0. The smallest absolute Gasteiger partial charge is 0.360 e. The first-order chi connectivity index (χ1) is 12.2. The molecule has 0 bridgehead atoms. The molecule has 25 heavy (non-hydrogen) atoms. The Morgan fingerprint density at radius 3 is 2.80 bits per heavy atom. The van der Waals surface area contributed by atoms with Gasteiger partial charge in [-0.3, -0.25) is 0 Å². The number of hydrogen-bond acceptors (Lipinski definition) is 5. The number of carboxylic acid groups (broad SMARTS) is 1. The molecule has 1 saturated heterocycles. The molecular formula is C18H24N4O3. The van der Waals surface area contributed by atoms with Gasteiger partial charge in [-0.2, -0.15) is 0 Å². The normalized spacial score (nSPS) is 17.5. The van der Waals surface area contributed by atoms with Crippen molar-refractivity contribution in [3.05, 3.63) is 30.0 Å². The van der Waals surface area contributed by atoms with Crippen molar-refractivity contribution in [1.29, 1.82) is 0 Å². The number of para-hydroxylation sites is 2. The van der Waals surface area contributed by atoms with Crippen molar-refractivity contribution in [1.82, 2.24) is 15.0 Å². The van der Waals surface area contributed by atoms with Gasteiger partial charge in [0.15, 0.2) is 5.82 Å². The lowest BCUT2D eigenvalue weighted by atomic mass is 10.00. The zero-order chi connectivity index (χ0) is 17.8. The lowest BCUT2D eigenvalue weighted by Gasteiger charge is -2.35. The van der Waals surface area contributed by atoms with E-state index in [9.17, 15) is 9.90 Å². The average molecular weight is 344 g/mol. The largest absolute Gasteiger partial charge is 0.492 e. The molecule has 0 saturated carbocycles. The van der Waals surface area contributed by atoms with Gasteiger partial charge in [0.05, 0.1) is 6.61 Å². The summed E-state index contributed by atoms with van der Waals surface area (Å²) in [5.74, 6) is 0.0232. The minimum Gasteiger partial charge on any atom is -0.492 e. The third kappa shape index (κ3) is 3.45. The van der Waals surface area contributed by atoms with Crippen molar-refractivity contribution in [3.63, 3.8) is 0 Å². The van der Waals surface area contributed by atoms with E-state index in [2.05, 4.69) is 22.0 Å². The number of piperidine rings is 1. The van der Waals surface area contributed by atoms with Crippen LogP contribution in [0.25, 0.3) is 5.69 Å². The van der Waals surface area contributed by atoms with Gasteiger partial charge in [0, 0.05) is 12.6 Å². The van der Waals surface area contributed by atoms with Crippen LogP contribution in [0.1, 0.15) is 50.0 Å². The highest BCUT2D eigenvalue weighted by Crippen LogP contribution is 2.29. The first-order valence-electron chi connectivity index (χ1n) is 8.85. The molecule has 1 aliphatic heterocycles. The van der Waals surface area contributed by atoms with Gasteiger partial charge in [-0.15, -0.1) is 15.0 Å². The lowest BCUT2D eigenvalue weighted by Crippen LogP contribution is -2.40. The monoisotopic (exact) mass is 344 g/mol. The van der Waals surface area contributed by atoms with Gasteiger partial charge in [0.25, 0.3) is 0 Å². The molecule has 0 radical (unpaired) electrons. The third-order valence-electron chi connectivity index (χ3n) is 4.55. The van der Waals surface area contributed by atoms with Crippen LogP contribution in [0.2, 0.25) is 0 Å². The Labute approximate surface area is 147 Å².